The van der Waals surface area contributed by atoms with Crippen molar-refractivity contribution in [2.45, 2.75) is 19.4 Å². The van der Waals surface area contributed by atoms with Gasteiger partial charge in [0.2, 0.25) is 0 Å². The first-order chi connectivity index (χ1) is 8.04. The number of aromatic nitrogens is 1. The second-order valence-corrected chi connectivity index (χ2v) is 4.59. The molecule has 1 aromatic rings. The molecule has 0 aliphatic heterocycles. The molecule has 0 radical (unpaired) electrons. The van der Waals surface area contributed by atoms with Crippen molar-refractivity contribution in [3.8, 4) is 0 Å². The van der Waals surface area contributed by atoms with E-state index in [9.17, 15) is 5.11 Å². The van der Waals surface area contributed by atoms with Gasteiger partial charge in [-0.1, -0.05) is 6.92 Å². The van der Waals surface area contributed by atoms with Crippen LogP contribution >= 0.6 is 0 Å². The molecule has 96 valence electrons. The molecule has 1 heterocycles. The Kier molecular flexibility index (Phi) is 5.38. The van der Waals surface area contributed by atoms with Crippen LogP contribution in [0.3, 0.4) is 0 Å². The number of aliphatic hydroxyl groups excluding tert-OH is 1. The predicted octanol–water partition coefficient (Wildman–Crippen LogP) is 1.52. The molecule has 0 saturated heterocycles. The van der Waals surface area contributed by atoms with Crippen molar-refractivity contribution in [3.05, 3.63) is 24.0 Å². The summed E-state index contributed by atoms with van der Waals surface area (Å²) in [5, 5.41) is 9.65. The first kappa shape index (κ1) is 13.9. The Hall–Kier alpha value is -1.13. The van der Waals surface area contributed by atoms with Crippen LogP contribution in [-0.2, 0) is 0 Å². The van der Waals surface area contributed by atoms with E-state index in [1.54, 1.807) is 0 Å². The fraction of sp³-hybridized carbons (Fsp3) is 0.615. The molecule has 0 aliphatic rings. The minimum absolute atomic E-state index is 0.448. The van der Waals surface area contributed by atoms with E-state index in [1.165, 1.54) is 0 Å². The van der Waals surface area contributed by atoms with E-state index in [-0.39, 0.29) is 0 Å². The zero-order chi connectivity index (χ0) is 12.8. The maximum Gasteiger partial charge on any atom is 0.0957 e. The summed E-state index contributed by atoms with van der Waals surface area (Å²) in [6.07, 6.45) is 2.07. The van der Waals surface area contributed by atoms with Crippen molar-refractivity contribution in [2.24, 2.45) is 0 Å². The summed E-state index contributed by atoms with van der Waals surface area (Å²) < 4.78 is 0. The zero-order valence-corrected chi connectivity index (χ0v) is 11.2. The van der Waals surface area contributed by atoms with Crippen LogP contribution in [0.1, 0.15) is 25.1 Å². The monoisotopic (exact) mass is 237 g/mol. The molecule has 4 heteroatoms. The van der Waals surface area contributed by atoms with E-state index in [0.717, 1.165) is 24.5 Å². The minimum atomic E-state index is -0.448. The molecule has 0 aliphatic carbocycles. The van der Waals surface area contributed by atoms with Gasteiger partial charge in [0.15, 0.2) is 0 Å². The highest BCUT2D eigenvalue weighted by molar-refractivity contribution is 5.43. The first-order valence-corrected chi connectivity index (χ1v) is 6.04. The highest BCUT2D eigenvalue weighted by Crippen LogP contribution is 2.17. The number of likely N-dealkylation sites (N-methyl/N-ethyl adjacent to an activating group) is 2. The number of aliphatic hydroxyl groups is 1. The van der Waals surface area contributed by atoms with Crippen molar-refractivity contribution in [1.82, 2.24) is 9.88 Å². The fourth-order valence-corrected chi connectivity index (χ4v) is 1.51. The Balaban J connectivity index is 2.60. The van der Waals surface area contributed by atoms with Gasteiger partial charge >= 0.3 is 0 Å². The van der Waals surface area contributed by atoms with Gasteiger partial charge in [0.05, 0.1) is 23.7 Å². The lowest BCUT2D eigenvalue weighted by Gasteiger charge is -2.21. The molecule has 4 nitrogen and oxygen atoms in total. The number of anilines is 1. The fourth-order valence-electron chi connectivity index (χ4n) is 1.51. The quantitative estimate of drug-likeness (QED) is 0.814. The molecule has 0 saturated carbocycles. The number of hydrogen-bond donors (Lipinski definition) is 1. The highest BCUT2D eigenvalue weighted by atomic mass is 16.3. The zero-order valence-electron chi connectivity index (χ0n) is 11.2. The van der Waals surface area contributed by atoms with E-state index < -0.39 is 6.10 Å². The summed E-state index contributed by atoms with van der Waals surface area (Å²) in [6, 6.07) is 3.91. The Morgan fingerprint density at radius 1 is 1.24 bits per heavy atom. The Bertz CT molecular complexity index is 324. The van der Waals surface area contributed by atoms with Gasteiger partial charge in [-0.3, -0.25) is 4.98 Å². The van der Waals surface area contributed by atoms with E-state index >= 15 is 0 Å². The Morgan fingerprint density at radius 3 is 2.41 bits per heavy atom. The van der Waals surface area contributed by atoms with Crippen LogP contribution in [0.5, 0.6) is 0 Å². The molecule has 0 fully saturated rings. The van der Waals surface area contributed by atoms with Gasteiger partial charge in [-0.2, -0.15) is 0 Å². The van der Waals surface area contributed by atoms with Crippen LogP contribution in [-0.4, -0.2) is 49.2 Å². The van der Waals surface area contributed by atoms with E-state index in [4.69, 9.17) is 0 Å². The third kappa shape index (κ3) is 4.32. The van der Waals surface area contributed by atoms with Gasteiger partial charge in [-0.05, 0) is 32.6 Å². The normalized spacial score (nSPS) is 12.8. The topological polar surface area (TPSA) is 39.6 Å². The molecular formula is C13H23N3O. The van der Waals surface area contributed by atoms with Crippen LogP contribution < -0.4 is 4.90 Å². The van der Waals surface area contributed by atoms with Crippen molar-refractivity contribution in [3.63, 3.8) is 0 Å². The average molecular weight is 237 g/mol. The lowest BCUT2D eigenvalue weighted by Crippen LogP contribution is -2.28. The summed E-state index contributed by atoms with van der Waals surface area (Å²) in [6.45, 7) is 3.92. The molecule has 1 atom stereocenters. The van der Waals surface area contributed by atoms with Gasteiger partial charge in [-0.15, -0.1) is 0 Å². The molecular weight excluding hydrogens is 214 g/mol. The van der Waals surface area contributed by atoms with Crippen LogP contribution in [0.15, 0.2) is 18.3 Å². The standard InChI is InChI=1S/C13H23N3O/c1-5-13(17)12-7-6-11(10-14-12)16(4)9-8-15(2)3/h6-7,10,13,17H,5,8-9H2,1-4H3. The molecule has 17 heavy (non-hydrogen) atoms. The Labute approximate surface area is 104 Å². The van der Waals surface area contributed by atoms with Crippen molar-refractivity contribution in [1.29, 1.82) is 0 Å². The molecule has 1 unspecified atom stereocenters. The number of rotatable bonds is 6. The molecule has 0 bridgehead atoms. The molecule has 0 amide bonds. The molecule has 1 N–H and O–H groups in total. The van der Waals surface area contributed by atoms with E-state index in [0.29, 0.717) is 6.42 Å². The smallest absolute Gasteiger partial charge is 0.0957 e. The van der Waals surface area contributed by atoms with Gasteiger partial charge < -0.3 is 14.9 Å². The molecule has 1 rings (SSSR count). The SMILES string of the molecule is CCC(O)c1ccc(N(C)CCN(C)C)cn1. The van der Waals surface area contributed by atoms with Gasteiger partial charge in [0, 0.05) is 20.1 Å². The molecule has 0 spiro atoms. The van der Waals surface area contributed by atoms with Crippen molar-refractivity contribution >= 4 is 5.69 Å². The summed E-state index contributed by atoms with van der Waals surface area (Å²) >= 11 is 0. The lowest BCUT2D eigenvalue weighted by molar-refractivity contribution is 0.169. The maximum absolute atomic E-state index is 9.65. The largest absolute Gasteiger partial charge is 0.387 e. The first-order valence-electron chi connectivity index (χ1n) is 6.04. The minimum Gasteiger partial charge on any atom is -0.387 e. The van der Waals surface area contributed by atoms with Crippen LogP contribution in [0.25, 0.3) is 0 Å². The van der Waals surface area contributed by atoms with E-state index in [1.807, 2.05) is 25.3 Å². The number of nitrogens with zero attached hydrogens (tertiary/aromatic N) is 3. The van der Waals surface area contributed by atoms with Gasteiger partial charge in [0.1, 0.15) is 0 Å². The van der Waals surface area contributed by atoms with Gasteiger partial charge in [-0.25, -0.2) is 0 Å². The number of pyridine rings is 1. The summed E-state index contributed by atoms with van der Waals surface area (Å²) in [4.78, 5) is 8.61. The van der Waals surface area contributed by atoms with Crippen LogP contribution in [0, 0.1) is 0 Å². The highest BCUT2D eigenvalue weighted by Gasteiger charge is 2.07. The predicted molar refractivity (Wildman–Crippen MR) is 71.3 cm³/mol. The average Bonchev–Trinajstić information content (AvgIpc) is 2.35. The Morgan fingerprint density at radius 2 is 1.94 bits per heavy atom. The molecule has 1 aromatic heterocycles. The third-order valence-electron chi connectivity index (χ3n) is 2.82. The summed E-state index contributed by atoms with van der Waals surface area (Å²) in [5.41, 5.74) is 1.83. The van der Waals surface area contributed by atoms with Crippen molar-refractivity contribution in [2.75, 3.05) is 39.1 Å². The summed E-state index contributed by atoms with van der Waals surface area (Å²) in [7, 11) is 6.18. The second-order valence-electron chi connectivity index (χ2n) is 4.59. The van der Waals surface area contributed by atoms with Gasteiger partial charge in [0.25, 0.3) is 0 Å². The second kappa shape index (κ2) is 6.57. The summed E-state index contributed by atoms with van der Waals surface area (Å²) in [5.74, 6) is 0. The van der Waals surface area contributed by atoms with E-state index in [2.05, 4.69) is 35.9 Å². The molecule has 0 aromatic carbocycles. The number of hydrogen-bond acceptors (Lipinski definition) is 4. The lowest BCUT2D eigenvalue weighted by atomic mass is 10.2. The van der Waals surface area contributed by atoms with Crippen LogP contribution in [0.4, 0.5) is 5.69 Å². The van der Waals surface area contributed by atoms with Crippen molar-refractivity contribution < 1.29 is 5.11 Å². The third-order valence-corrected chi connectivity index (χ3v) is 2.82. The van der Waals surface area contributed by atoms with Crippen LogP contribution in [0.2, 0.25) is 0 Å². The maximum atomic E-state index is 9.65.